The number of carbonyl (C=O) groups is 1. The zero-order chi connectivity index (χ0) is 17.5. The second kappa shape index (κ2) is 6.47. The molecule has 1 aromatic carbocycles. The van der Waals surface area contributed by atoms with Gasteiger partial charge in [0.2, 0.25) is 0 Å². The van der Waals surface area contributed by atoms with Gasteiger partial charge in [-0.15, -0.1) is 0 Å². The number of thiazole rings is 1. The smallest absolute Gasteiger partial charge is 0.334 e. The van der Waals surface area contributed by atoms with E-state index in [0.717, 1.165) is 13.8 Å². The van der Waals surface area contributed by atoms with E-state index in [2.05, 4.69) is 42.2 Å². The molecule has 24 heavy (non-hydrogen) atoms. The number of amides is 2. The summed E-state index contributed by atoms with van der Waals surface area (Å²) in [6, 6.07) is 4.37. The van der Waals surface area contributed by atoms with Crippen LogP contribution in [0.15, 0.2) is 43.7 Å². The first-order valence-corrected chi connectivity index (χ1v) is 10.3. The lowest BCUT2D eigenvalue weighted by molar-refractivity contribution is 0.256. The lowest BCUT2D eigenvalue weighted by Crippen LogP contribution is -2.34. The molecule has 2 amide bonds. The number of carbonyl (C=O) groups excluding carboxylic acids is 1. The van der Waals surface area contributed by atoms with Crippen molar-refractivity contribution in [3.05, 3.63) is 38.9 Å². The van der Waals surface area contributed by atoms with Crippen LogP contribution in [0.4, 0.5) is 9.93 Å². The van der Waals surface area contributed by atoms with Crippen molar-refractivity contribution in [3.63, 3.8) is 0 Å². The van der Waals surface area contributed by atoms with Crippen LogP contribution in [0.2, 0.25) is 0 Å². The Labute approximate surface area is 158 Å². The molecule has 0 aliphatic rings. The number of hydrogen-bond acceptors (Lipinski definition) is 5. The van der Waals surface area contributed by atoms with Gasteiger partial charge in [0.05, 0.1) is 15.5 Å². The summed E-state index contributed by atoms with van der Waals surface area (Å²) in [7, 11) is -2.30. The highest BCUT2D eigenvalue weighted by Crippen LogP contribution is 2.30. The lowest BCUT2D eigenvalue weighted by Gasteiger charge is -2.06. The maximum Gasteiger partial charge on any atom is 0.334 e. The van der Waals surface area contributed by atoms with Crippen LogP contribution < -0.4 is 10.0 Å². The molecule has 0 saturated heterocycles. The van der Waals surface area contributed by atoms with Crippen molar-refractivity contribution in [2.75, 3.05) is 5.32 Å². The highest BCUT2D eigenvalue weighted by Gasteiger charge is 2.23. The minimum Gasteiger partial charge on any atom is -0.348 e. The maximum atomic E-state index is 12.5. The van der Waals surface area contributed by atoms with Crippen LogP contribution in [0.1, 0.15) is 0 Å². The normalized spacial score (nSPS) is 11.6. The van der Waals surface area contributed by atoms with E-state index >= 15 is 0 Å². The first kappa shape index (κ1) is 17.4. The minimum atomic E-state index is -4.03. The van der Waals surface area contributed by atoms with Crippen molar-refractivity contribution in [2.45, 2.75) is 4.90 Å². The van der Waals surface area contributed by atoms with E-state index in [0.29, 0.717) is 5.39 Å². The maximum absolute atomic E-state index is 12.5. The number of anilines is 1. The van der Waals surface area contributed by atoms with Gasteiger partial charge in [-0.05, 0) is 37.9 Å². The number of aromatic nitrogens is 2. The summed E-state index contributed by atoms with van der Waals surface area (Å²) in [5, 5.41) is 3.19. The molecule has 11 heteroatoms. The summed E-state index contributed by atoms with van der Waals surface area (Å²) >= 11 is 7.79. The Morgan fingerprint density at radius 1 is 1.33 bits per heavy atom. The Hall–Kier alpha value is -1.43. The van der Waals surface area contributed by atoms with E-state index in [1.165, 1.54) is 23.7 Å². The Morgan fingerprint density at radius 2 is 2.08 bits per heavy atom. The van der Waals surface area contributed by atoms with Crippen molar-refractivity contribution in [1.29, 1.82) is 0 Å². The van der Waals surface area contributed by atoms with E-state index in [9.17, 15) is 13.2 Å². The van der Waals surface area contributed by atoms with Gasteiger partial charge in [0.1, 0.15) is 4.90 Å². The van der Waals surface area contributed by atoms with Gasteiger partial charge in [-0.1, -0.05) is 23.5 Å². The van der Waals surface area contributed by atoms with E-state index in [4.69, 9.17) is 0 Å². The van der Waals surface area contributed by atoms with Crippen LogP contribution in [0.5, 0.6) is 0 Å². The summed E-state index contributed by atoms with van der Waals surface area (Å²) in [6.07, 6.45) is 2.97. The number of fused-ring (bicyclic) bond motifs is 1. The molecule has 0 saturated carbocycles. The van der Waals surface area contributed by atoms with E-state index < -0.39 is 16.1 Å². The molecule has 0 radical (unpaired) electrons. The molecule has 0 unspecified atom stereocenters. The predicted molar refractivity (Wildman–Crippen MR) is 99.8 cm³/mol. The molecule has 126 valence electrons. The molecule has 0 aliphatic carbocycles. The van der Waals surface area contributed by atoms with Crippen LogP contribution in [0, 0.1) is 0 Å². The summed E-state index contributed by atoms with van der Waals surface area (Å²) in [4.78, 5) is 15.9. The van der Waals surface area contributed by atoms with Crippen molar-refractivity contribution >= 4 is 75.3 Å². The Balaban J connectivity index is 1.91. The molecule has 7 nitrogen and oxygen atoms in total. The van der Waals surface area contributed by atoms with Gasteiger partial charge in [-0.3, -0.25) is 5.32 Å². The van der Waals surface area contributed by atoms with Gasteiger partial charge < -0.3 is 4.57 Å². The third kappa shape index (κ3) is 3.34. The number of para-hydroxylation sites is 1. The largest absolute Gasteiger partial charge is 0.348 e. The quantitative estimate of drug-likeness (QED) is 0.582. The number of halogens is 2. The number of urea groups is 1. The molecule has 0 aliphatic heterocycles. The molecule has 3 rings (SSSR count). The SMILES string of the molecule is Cn1cc(S(=O)(=O)NC(=O)Nc2ncc(Br)s2)c2cccc(Br)c21. The standard InChI is InChI=1S/C13H10Br2N4O3S2/c1-19-6-9(7-3-2-4-8(14)11(7)19)24(21,22)18-12(20)17-13-16-5-10(15)23-13/h2-6H,1H3,(H2,16,17,18,20). The number of aryl methyl sites for hydroxylation is 1. The number of sulfonamides is 1. The lowest BCUT2D eigenvalue weighted by atomic mass is 10.2. The van der Waals surface area contributed by atoms with Crippen molar-refractivity contribution in [2.24, 2.45) is 7.05 Å². The van der Waals surface area contributed by atoms with Crippen molar-refractivity contribution in [1.82, 2.24) is 14.3 Å². The second-order valence-corrected chi connectivity index (χ2v) is 9.68. The van der Waals surface area contributed by atoms with Crippen LogP contribution in [0.25, 0.3) is 10.9 Å². The summed E-state index contributed by atoms with van der Waals surface area (Å²) in [5.41, 5.74) is 0.724. The molecule has 0 fully saturated rings. The molecule has 2 heterocycles. The topological polar surface area (TPSA) is 93.1 Å². The fourth-order valence-electron chi connectivity index (χ4n) is 2.21. The highest BCUT2D eigenvalue weighted by atomic mass is 79.9. The predicted octanol–water partition coefficient (Wildman–Crippen LogP) is 3.67. The molecule has 3 aromatic rings. The molecular formula is C13H10Br2N4O3S2. The number of rotatable bonds is 3. The molecule has 0 atom stereocenters. The summed E-state index contributed by atoms with van der Waals surface area (Å²) in [6.45, 7) is 0. The van der Waals surface area contributed by atoms with Crippen LogP contribution in [0.3, 0.4) is 0 Å². The van der Waals surface area contributed by atoms with Gasteiger partial charge in [0.25, 0.3) is 10.0 Å². The molecular weight excluding hydrogens is 484 g/mol. The van der Waals surface area contributed by atoms with Gasteiger partial charge in [-0.25, -0.2) is 22.9 Å². The number of nitrogens with zero attached hydrogens (tertiary/aromatic N) is 2. The highest BCUT2D eigenvalue weighted by molar-refractivity contribution is 9.11. The zero-order valence-electron chi connectivity index (χ0n) is 12.1. The Bertz CT molecular complexity index is 1040. The van der Waals surface area contributed by atoms with Crippen LogP contribution in [-0.4, -0.2) is 24.0 Å². The van der Waals surface area contributed by atoms with Crippen LogP contribution in [-0.2, 0) is 17.1 Å². The average Bonchev–Trinajstić information content (AvgIpc) is 3.03. The molecule has 0 bridgehead atoms. The van der Waals surface area contributed by atoms with Gasteiger partial charge >= 0.3 is 6.03 Å². The molecule has 2 N–H and O–H groups in total. The monoisotopic (exact) mass is 492 g/mol. The fraction of sp³-hybridized carbons (Fsp3) is 0.0769. The minimum absolute atomic E-state index is 0.0248. The first-order chi connectivity index (χ1) is 11.3. The van der Waals surface area contributed by atoms with E-state index in [-0.39, 0.29) is 10.0 Å². The van der Waals surface area contributed by atoms with Crippen LogP contribution >= 0.6 is 43.2 Å². The Morgan fingerprint density at radius 3 is 2.75 bits per heavy atom. The summed E-state index contributed by atoms with van der Waals surface area (Å²) in [5.74, 6) is 0. The third-order valence-corrected chi connectivity index (χ3v) is 6.52. The zero-order valence-corrected chi connectivity index (χ0v) is 16.9. The fourth-order valence-corrected chi connectivity index (χ4v) is 5.11. The Kier molecular flexibility index (Phi) is 4.69. The number of hydrogen-bond donors (Lipinski definition) is 2. The number of nitrogens with one attached hydrogen (secondary N) is 2. The van der Waals surface area contributed by atoms with Crippen molar-refractivity contribution < 1.29 is 13.2 Å². The number of benzene rings is 1. The van der Waals surface area contributed by atoms with Crippen molar-refractivity contribution in [3.8, 4) is 0 Å². The third-order valence-electron chi connectivity index (χ3n) is 3.13. The van der Waals surface area contributed by atoms with E-state index in [1.807, 2.05) is 10.8 Å². The van der Waals surface area contributed by atoms with Gasteiger partial charge in [0.15, 0.2) is 5.13 Å². The second-order valence-electron chi connectivity index (χ2n) is 4.77. The summed E-state index contributed by atoms with van der Waals surface area (Å²) < 4.78 is 30.3. The van der Waals surface area contributed by atoms with E-state index in [1.54, 1.807) is 23.7 Å². The average molecular weight is 494 g/mol. The first-order valence-electron chi connectivity index (χ1n) is 6.46. The molecule has 2 aromatic heterocycles. The molecule has 0 spiro atoms. The van der Waals surface area contributed by atoms with Gasteiger partial charge in [-0.2, -0.15) is 0 Å². The van der Waals surface area contributed by atoms with Gasteiger partial charge in [0, 0.05) is 23.1 Å².